The van der Waals surface area contributed by atoms with Crippen LogP contribution in [0, 0.1) is 18.8 Å². The van der Waals surface area contributed by atoms with Crippen LogP contribution in [-0.4, -0.2) is 83.8 Å². The SMILES string of the molecule is Cc1c(C#Cc2cnc3ccc(N4CCC(OCCOCCOCCC(=O)O)CC4)nn23)cccc1C(=O)Nc1cc(Cl)cc(C(F)(F)F)c1. The molecule has 1 fully saturated rings. The van der Waals surface area contributed by atoms with Gasteiger partial charge in [0.25, 0.3) is 5.91 Å². The number of ether oxygens (including phenoxy) is 3. The average Bonchev–Trinajstić information content (AvgIpc) is 3.48. The van der Waals surface area contributed by atoms with Crippen molar-refractivity contribution in [1.29, 1.82) is 0 Å². The number of fused-ring (bicyclic) bond motifs is 1. The summed E-state index contributed by atoms with van der Waals surface area (Å²) in [6.45, 7) is 4.97. The number of piperidine rings is 1. The Bertz CT molecular complexity index is 1880. The number of anilines is 2. The minimum Gasteiger partial charge on any atom is -0.481 e. The molecule has 0 bridgehead atoms. The molecule has 0 spiro atoms. The van der Waals surface area contributed by atoms with E-state index >= 15 is 0 Å². The quantitative estimate of drug-likeness (QED) is 0.130. The van der Waals surface area contributed by atoms with Crippen molar-refractivity contribution in [1.82, 2.24) is 14.6 Å². The molecule has 3 heterocycles. The van der Waals surface area contributed by atoms with E-state index in [9.17, 15) is 22.8 Å². The maximum Gasteiger partial charge on any atom is 0.416 e. The molecule has 11 nitrogen and oxygen atoms in total. The maximum atomic E-state index is 13.2. The second-order valence-electron chi connectivity index (χ2n) is 11.4. The summed E-state index contributed by atoms with van der Waals surface area (Å²) in [4.78, 5) is 30.1. The van der Waals surface area contributed by atoms with Gasteiger partial charge in [-0.1, -0.05) is 23.6 Å². The predicted molar refractivity (Wildman–Crippen MR) is 180 cm³/mol. The summed E-state index contributed by atoms with van der Waals surface area (Å²) in [5.74, 6) is 5.46. The molecule has 4 aromatic rings. The Labute approximate surface area is 291 Å². The lowest BCUT2D eigenvalue weighted by Gasteiger charge is -2.32. The number of aromatic nitrogens is 3. The Morgan fingerprint density at radius 2 is 1.76 bits per heavy atom. The number of hydrogen-bond acceptors (Lipinski definition) is 8. The molecule has 1 aliphatic rings. The van der Waals surface area contributed by atoms with Gasteiger partial charge in [0.1, 0.15) is 11.5 Å². The number of imidazole rings is 1. The first-order valence-corrected chi connectivity index (χ1v) is 16.2. The van der Waals surface area contributed by atoms with Gasteiger partial charge in [-0.3, -0.25) is 9.59 Å². The van der Waals surface area contributed by atoms with Crippen LogP contribution in [0.15, 0.2) is 54.7 Å². The number of benzene rings is 2. The zero-order valence-electron chi connectivity index (χ0n) is 27.1. The van der Waals surface area contributed by atoms with Gasteiger partial charge >= 0.3 is 12.1 Å². The highest BCUT2D eigenvalue weighted by Crippen LogP contribution is 2.33. The van der Waals surface area contributed by atoms with E-state index in [4.69, 9.17) is 36.0 Å². The Morgan fingerprint density at radius 1 is 1.02 bits per heavy atom. The van der Waals surface area contributed by atoms with Gasteiger partial charge in [-0.25, -0.2) is 9.50 Å². The number of carbonyl (C=O) groups excluding carboxylic acids is 1. The summed E-state index contributed by atoms with van der Waals surface area (Å²) < 4.78 is 58.0. The van der Waals surface area contributed by atoms with Gasteiger partial charge in [0, 0.05) is 34.9 Å². The summed E-state index contributed by atoms with van der Waals surface area (Å²) in [7, 11) is 0. The van der Waals surface area contributed by atoms with Crippen molar-refractivity contribution in [3.8, 4) is 11.8 Å². The second kappa shape index (κ2) is 16.8. The molecule has 0 unspecified atom stereocenters. The lowest BCUT2D eigenvalue weighted by atomic mass is 10.0. The van der Waals surface area contributed by atoms with Crippen molar-refractivity contribution in [2.75, 3.05) is 56.3 Å². The van der Waals surface area contributed by atoms with E-state index in [-0.39, 0.29) is 35.4 Å². The van der Waals surface area contributed by atoms with Crippen LogP contribution in [0.2, 0.25) is 5.02 Å². The van der Waals surface area contributed by atoms with Crippen LogP contribution in [0.25, 0.3) is 5.65 Å². The lowest BCUT2D eigenvalue weighted by Crippen LogP contribution is -2.38. The summed E-state index contributed by atoms with van der Waals surface area (Å²) in [6.07, 6.45) is -1.29. The third kappa shape index (κ3) is 9.95. The highest BCUT2D eigenvalue weighted by molar-refractivity contribution is 6.31. The first-order chi connectivity index (χ1) is 24.0. The number of amides is 1. The van der Waals surface area contributed by atoms with Gasteiger partial charge in [0.05, 0.1) is 57.3 Å². The summed E-state index contributed by atoms with van der Waals surface area (Å²) >= 11 is 5.87. The third-order valence-corrected chi connectivity index (χ3v) is 8.13. The summed E-state index contributed by atoms with van der Waals surface area (Å²) in [6, 6.07) is 11.6. The molecule has 2 aromatic heterocycles. The van der Waals surface area contributed by atoms with Gasteiger partial charge in [0.15, 0.2) is 5.65 Å². The van der Waals surface area contributed by atoms with E-state index in [1.54, 1.807) is 35.8 Å². The molecule has 5 rings (SSSR count). The van der Waals surface area contributed by atoms with Crippen LogP contribution < -0.4 is 10.2 Å². The van der Waals surface area contributed by atoms with Crippen LogP contribution in [-0.2, 0) is 25.2 Å². The van der Waals surface area contributed by atoms with Crippen molar-refractivity contribution in [2.24, 2.45) is 0 Å². The number of alkyl halides is 3. The Balaban J connectivity index is 1.17. The number of halogens is 4. The molecule has 0 radical (unpaired) electrons. The van der Waals surface area contributed by atoms with Gasteiger partial charge in [-0.15, -0.1) is 5.10 Å². The molecular formula is C35H35ClF3N5O6. The minimum atomic E-state index is -4.61. The molecule has 1 aliphatic heterocycles. The van der Waals surface area contributed by atoms with Crippen molar-refractivity contribution < 1.29 is 42.1 Å². The molecule has 0 aliphatic carbocycles. The number of rotatable bonds is 13. The molecule has 2 N–H and O–H groups in total. The van der Waals surface area contributed by atoms with Gasteiger partial charge in [-0.05, 0) is 73.7 Å². The maximum absolute atomic E-state index is 13.2. The Hall–Kier alpha value is -4.68. The van der Waals surface area contributed by atoms with E-state index in [1.165, 1.54) is 6.07 Å². The van der Waals surface area contributed by atoms with Crippen LogP contribution in [0.5, 0.6) is 0 Å². The van der Waals surface area contributed by atoms with E-state index in [1.807, 2.05) is 12.1 Å². The Kier molecular flexibility index (Phi) is 12.3. The number of hydrogen-bond donors (Lipinski definition) is 2. The standard InChI is InChI=1S/C35H35ClF3N5O6/c1-23-24(3-2-4-30(23)34(47)41-27-20-25(35(37,38)39)19-26(36)21-27)5-6-28-22-40-31-7-8-32(42-44(28)31)43-12-9-29(10-13-43)50-18-17-49-16-15-48-14-11-33(45)46/h2-4,7-8,19-22,29H,9-18H2,1H3,(H,41,47)(H,45,46). The van der Waals surface area contributed by atoms with Crippen LogP contribution in [0.1, 0.15) is 52.0 Å². The molecule has 0 saturated carbocycles. The molecule has 50 heavy (non-hydrogen) atoms. The van der Waals surface area contributed by atoms with Gasteiger partial charge < -0.3 is 29.5 Å². The largest absolute Gasteiger partial charge is 0.481 e. The fourth-order valence-electron chi connectivity index (χ4n) is 5.30. The monoisotopic (exact) mass is 713 g/mol. The predicted octanol–water partition coefficient (Wildman–Crippen LogP) is 5.86. The normalized spacial score (nSPS) is 13.7. The van der Waals surface area contributed by atoms with E-state index in [0.29, 0.717) is 48.9 Å². The van der Waals surface area contributed by atoms with E-state index in [0.717, 1.165) is 43.9 Å². The number of carbonyl (C=O) groups is 2. The highest BCUT2D eigenvalue weighted by atomic mass is 35.5. The summed E-state index contributed by atoms with van der Waals surface area (Å²) in [5, 5.41) is 15.7. The molecular weight excluding hydrogens is 679 g/mol. The number of aliphatic carboxylic acids is 1. The first kappa shape index (κ1) is 36.6. The minimum absolute atomic E-state index is 0.0293. The molecule has 15 heteroatoms. The fraction of sp³-hybridized carbons (Fsp3) is 0.371. The van der Waals surface area contributed by atoms with E-state index < -0.39 is 23.6 Å². The van der Waals surface area contributed by atoms with Crippen LogP contribution in [0.4, 0.5) is 24.7 Å². The Morgan fingerprint density at radius 3 is 2.50 bits per heavy atom. The van der Waals surface area contributed by atoms with Crippen LogP contribution >= 0.6 is 11.6 Å². The number of nitrogens with zero attached hydrogens (tertiary/aromatic N) is 4. The van der Waals surface area contributed by atoms with Gasteiger partial charge in [-0.2, -0.15) is 13.2 Å². The number of nitrogens with one attached hydrogen (secondary N) is 1. The lowest BCUT2D eigenvalue weighted by molar-refractivity contribution is -0.139. The highest BCUT2D eigenvalue weighted by Gasteiger charge is 2.31. The topological polar surface area (TPSA) is 128 Å². The van der Waals surface area contributed by atoms with Crippen molar-refractivity contribution in [2.45, 2.75) is 38.5 Å². The van der Waals surface area contributed by atoms with Crippen molar-refractivity contribution in [3.05, 3.63) is 87.7 Å². The molecule has 264 valence electrons. The molecule has 1 amide bonds. The second-order valence-corrected chi connectivity index (χ2v) is 11.9. The molecule has 1 saturated heterocycles. The van der Waals surface area contributed by atoms with Crippen molar-refractivity contribution >= 4 is 40.6 Å². The number of carboxylic acids is 1. The number of carboxylic acid groups (broad SMARTS) is 1. The average molecular weight is 714 g/mol. The van der Waals surface area contributed by atoms with E-state index in [2.05, 4.69) is 27.0 Å². The zero-order chi connectivity index (χ0) is 35.7. The van der Waals surface area contributed by atoms with Crippen molar-refractivity contribution in [3.63, 3.8) is 0 Å². The molecule has 0 atom stereocenters. The molecule has 2 aromatic carbocycles. The zero-order valence-corrected chi connectivity index (χ0v) is 27.9. The third-order valence-electron chi connectivity index (χ3n) is 7.91. The smallest absolute Gasteiger partial charge is 0.416 e. The van der Waals surface area contributed by atoms with Crippen LogP contribution in [0.3, 0.4) is 0 Å². The fourth-order valence-corrected chi connectivity index (χ4v) is 5.53. The first-order valence-electron chi connectivity index (χ1n) is 15.9. The summed E-state index contributed by atoms with van der Waals surface area (Å²) in [5.41, 5.74) is 1.49. The van der Waals surface area contributed by atoms with Gasteiger partial charge in [0.2, 0.25) is 0 Å².